The number of carbonyl (C=O) groups is 2. The van der Waals surface area contributed by atoms with Gasteiger partial charge in [0.1, 0.15) is 19.5 Å². The molecule has 0 fully saturated rings. The SMILES string of the molecule is CC(C)(C)OC[C@H](NC(=O)C1=COCCO1)C(=O)O. The number of hydrogen-bond donors (Lipinski definition) is 2. The molecule has 108 valence electrons. The van der Waals surface area contributed by atoms with Crippen molar-refractivity contribution in [3.8, 4) is 0 Å². The van der Waals surface area contributed by atoms with Crippen molar-refractivity contribution in [1.82, 2.24) is 5.32 Å². The van der Waals surface area contributed by atoms with Crippen molar-refractivity contribution in [2.75, 3.05) is 19.8 Å². The topological polar surface area (TPSA) is 94.1 Å². The molecule has 0 radical (unpaired) electrons. The molecule has 0 saturated carbocycles. The minimum absolute atomic E-state index is 0.0340. The van der Waals surface area contributed by atoms with E-state index in [1.54, 1.807) is 20.8 Å². The van der Waals surface area contributed by atoms with E-state index < -0.39 is 23.5 Å². The van der Waals surface area contributed by atoms with Gasteiger partial charge in [-0.2, -0.15) is 0 Å². The average molecular weight is 273 g/mol. The van der Waals surface area contributed by atoms with Crippen molar-refractivity contribution in [2.24, 2.45) is 0 Å². The number of amides is 1. The number of rotatable bonds is 5. The molecule has 1 aliphatic heterocycles. The van der Waals surface area contributed by atoms with E-state index in [1.165, 1.54) is 6.26 Å². The van der Waals surface area contributed by atoms with Gasteiger partial charge in [0.2, 0.25) is 5.76 Å². The van der Waals surface area contributed by atoms with E-state index >= 15 is 0 Å². The fourth-order valence-electron chi connectivity index (χ4n) is 1.22. The van der Waals surface area contributed by atoms with Crippen molar-refractivity contribution in [3.63, 3.8) is 0 Å². The van der Waals surface area contributed by atoms with Crippen LogP contribution in [0.1, 0.15) is 20.8 Å². The lowest BCUT2D eigenvalue weighted by Gasteiger charge is -2.23. The van der Waals surface area contributed by atoms with Crippen LogP contribution in [-0.2, 0) is 23.8 Å². The summed E-state index contributed by atoms with van der Waals surface area (Å²) < 4.78 is 15.3. The van der Waals surface area contributed by atoms with Crippen LogP contribution in [0.4, 0.5) is 0 Å². The van der Waals surface area contributed by atoms with Gasteiger partial charge < -0.3 is 24.6 Å². The summed E-state index contributed by atoms with van der Waals surface area (Å²) in [5.41, 5.74) is -0.484. The third kappa shape index (κ3) is 5.60. The standard InChI is InChI=1S/C12H19NO6/c1-12(2,3)19-6-8(11(15)16)13-10(14)9-7-17-4-5-18-9/h7-8H,4-6H2,1-3H3,(H,13,14)(H,15,16)/t8-/m0/s1. The molecule has 1 rings (SSSR count). The molecule has 0 spiro atoms. The lowest BCUT2D eigenvalue weighted by Crippen LogP contribution is -2.46. The summed E-state index contributed by atoms with van der Waals surface area (Å²) in [6, 6.07) is -1.14. The first-order valence-electron chi connectivity index (χ1n) is 5.92. The molecule has 0 aromatic rings. The maximum Gasteiger partial charge on any atom is 0.328 e. The van der Waals surface area contributed by atoms with Gasteiger partial charge in [-0.3, -0.25) is 4.79 Å². The molecule has 0 aromatic heterocycles. The van der Waals surface area contributed by atoms with Gasteiger partial charge in [-0.1, -0.05) is 0 Å². The second-order valence-corrected chi connectivity index (χ2v) is 4.99. The van der Waals surface area contributed by atoms with Crippen molar-refractivity contribution in [2.45, 2.75) is 32.4 Å². The number of hydrogen-bond acceptors (Lipinski definition) is 5. The minimum atomic E-state index is -1.17. The molecule has 19 heavy (non-hydrogen) atoms. The number of ether oxygens (including phenoxy) is 3. The monoisotopic (exact) mass is 273 g/mol. The Balaban J connectivity index is 2.55. The highest BCUT2D eigenvalue weighted by Gasteiger charge is 2.26. The van der Waals surface area contributed by atoms with Gasteiger partial charge in [0.15, 0.2) is 6.04 Å². The second-order valence-electron chi connectivity index (χ2n) is 4.99. The van der Waals surface area contributed by atoms with Crippen LogP contribution in [0.25, 0.3) is 0 Å². The normalized spacial score (nSPS) is 16.7. The van der Waals surface area contributed by atoms with Crippen LogP contribution >= 0.6 is 0 Å². The molecule has 1 amide bonds. The quantitative estimate of drug-likeness (QED) is 0.746. The fourth-order valence-corrected chi connectivity index (χ4v) is 1.22. The van der Waals surface area contributed by atoms with E-state index in [-0.39, 0.29) is 19.0 Å². The number of carboxylic acids is 1. The van der Waals surface area contributed by atoms with Crippen LogP contribution in [0.2, 0.25) is 0 Å². The van der Waals surface area contributed by atoms with Crippen molar-refractivity contribution >= 4 is 11.9 Å². The fraction of sp³-hybridized carbons (Fsp3) is 0.667. The summed E-state index contributed by atoms with van der Waals surface area (Å²) in [4.78, 5) is 22.8. The van der Waals surface area contributed by atoms with Crippen LogP contribution in [-0.4, -0.2) is 48.4 Å². The largest absolute Gasteiger partial charge is 0.494 e. The maximum atomic E-state index is 11.7. The summed E-state index contributed by atoms with van der Waals surface area (Å²) in [6.07, 6.45) is 1.17. The molecule has 0 unspecified atom stereocenters. The van der Waals surface area contributed by atoms with Crippen LogP contribution in [0.15, 0.2) is 12.0 Å². The Hall–Kier alpha value is -1.76. The van der Waals surface area contributed by atoms with Crippen LogP contribution < -0.4 is 5.32 Å². The highest BCUT2D eigenvalue weighted by Crippen LogP contribution is 2.08. The summed E-state index contributed by atoms with van der Waals surface area (Å²) in [6.45, 7) is 5.90. The zero-order chi connectivity index (χ0) is 14.5. The molecule has 0 saturated heterocycles. The second kappa shape index (κ2) is 6.42. The zero-order valence-corrected chi connectivity index (χ0v) is 11.3. The first-order chi connectivity index (χ1) is 8.79. The Morgan fingerprint density at radius 2 is 2.16 bits per heavy atom. The molecule has 0 aromatic carbocycles. The van der Waals surface area contributed by atoms with Gasteiger partial charge in [0.05, 0.1) is 12.2 Å². The van der Waals surface area contributed by atoms with Gasteiger partial charge in [-0.25, -0.2) is 4.79 Å². The van der Waals surface area contributed by atoms with Gasteiger partial charge in [-0.05, 0) is 20.8 Å². The summed E-state index contributed by atoms with van der Waals surface area (Å²) >= 11 is 0. The van der Waals surface area contributed by atoms with Gasteiger partial charge in [0, 0.05) is 0 Å². The lowest BCUT2D eigenvalue weighted by atomic mass is 10.2. The Morgan fingerprint density at radius 3 is 2.63 bits per heavy atom. The van der Waals surface area contributed by atoms with Gasteiger partial charge in [-0.15, -0.1) is 0 Å². The summed E-state index contributed by atoms with van der Waals surface area (Å²) in [5, 5.41) is 11.4. The van der Waals surface area contributed by atoms with Gasteiger partial charge in [0.25, 0.3) is 5.91 Å². The summed E-state index contributed by atoms with van der Waals surface area (Å²) in [7, 11) is 0. The average Bonchev–Trinajstić information content (AvgIpc) is 2.33. The predicted molar refractivity (Wildman–Crippen MR) is 65.3 cm³/mol. The predicted octanol–water partition coefficient (Wildman–Crippen LogP) is 0.259. The van der Waals surface area contributed by atoms with Crippen LogP contribution in [0.3, 0.4) is 0 Å². The molecular formula is C12H19NO6. The summed E-state index contributed by atoms with van der Waals surface area (Å²) in [5.74, 6) is -1.84. The van der Waals surface area contributed by atoms with Crippen molar-refractivity contribution in [1.29, 1.82) is 0 Å². The van der Waals surface area contributed by atoms with E-state index in [0.29, 0.717) is 6.61 Å². The minimum Gasteiger partial charge on any atom is -0.494 e. The van der Waals surface area contributed by atoms with E-state index in [4.69, 9.17) is 19.3 Å². The maximum absolute atomic E-state index is 11.7. The first kappa shape index (κ1) is 15.3. The molecule has 1 aliphatic rings. The zero-order valence-electron chi connectivity index (χ0n) is 11.3. The Bertz CT molecular complexity index is 371. The first-order valence-corrected chi connectivity index (χ1v) is 5.92. The Labute approximate surface area is 111 Å². The number of aliphatic carboxylic acids is 1. The van der Waals surface area contributed by atoms with Gasteiger partial charge >= 0.3 is 5.97 Å². The number of carbonyl (C=O) groups excluding carboxylic acids is 1. The molecule has 0 bridgehead atoms. The van der Waals surface area contributed by atoms with E-state index in [0.717, 1.165) is 0 Å². The Kier molecular flexibility index (Phi) is 5.17. The molecule has 1 atom stereocenters. The smallest absolute Gasteiger partial charge is 0.328 e. The van der Waals surface area contributed by atoms with Crippen LogP contribution in [0, 0.1) is 0 Å². The highest BCUT2D eigenvalue weighted by atomic mass is 16.6. The number of carboxylic acid groups (broad SMARTS) is 1. The molecule has 1 heterocycles. The Morgan fingerprint density at radius 1 is 1.47 bits per heavy atom. The number of nitrogens with one attached hydrogen (secondary N) is 1. The molecular weight excluding hydrogens is 254 g/mol. The third-order valence-electron chi connectivity index (χ3n) is 2.16. The van der Waals surface area contributed by atoms with E-state index in [1.807, 2.05) is 0 Å². The van der Waals surface area contributed by atoms with E-state index in [9.17, 15) is 9.59 Å². The molecule has 0 aliphatic carbocycles. The van der Waals surface area contributed by atoms with Crippen molar-refractivity contribution < 1.29 is 28.9 Å². The third-order valence-corrected chi connectivity index (χ3v) is 2.16. The molecule has 7 nitrogen and oxygen atoms in total. The van der Waals surface area contributed by atoms with Crippen LogP contribution in [0.5, 0.6) is 0 Å². The molecule has 7 heteroatoms. The molecule has 2 N–H and O–H groups in total. The highest BCUT2D eigenvalue weighted by molar-refractivity contribution is 5.94. The van der Waals surface area contributed by atoms with E-state index in [2.05, 4.69) is 5.32 Å². The lowest BCUT2D eigenvalue weighted by molar-refractivity contribution is -0.145. The van der Waals surface area contributed by atoms with Crippen molar-refractivity contribution in [3.05, 3.63) is 12.0 Å².